The molecule has 142 valence electrons. The zero-order valence-electron chi connectivity index (χ0n) is 15.7. The van der Waals surface area contributed by atoms with Gasteiger partial charge in [-0.15, -0.1) is 0 Å². The van der Waals surface area contributed by atoms with Crippen molar-refractivity contribution in [1.82, 2.24) is 19.8 Å². The summed E-state index contributed by atoms with van der Waals surface area (Å²) in [7, 11) is 1.60. The van der Waals surface area contributed by atoms with Crippen LogP contribution in [-0.2, 0) is 4.79 Å². The summed E-state index contributed by atoms with van der Waals surface area (Å²) in [5.74, 6) is 0.850. The first-order chi connectivity index (χ1) is 13.0. The summed E-state index contributed by atoms with van der Waals surface area (Å²) >= 11 is 0. The third kappa shape index (κ3) is 4.33. The van der Waals surface area contributed by atoms with E-state index in [1.165, 1.54) is 0 Å². The summed E-state index contributed by atoms with van der Waals surface area (Å²) in [6, 6.07) is 7.43. The summed E-state index contributed by atoms with van der Waals surface area (Å²) in [4.78, 5) is 35.8. The number of anilines is 2. The number of hydrogen-bond donors (Lipinski definition) is 1. The molecule has 0 radical (unpaired) electrons. The molecule has 1 aliphatic heterocycles. The minimum atomic E-state index is -0.162. The molecule has 2 amide bonds. The van der Waals surface area contributed by atoms with Gasteiger partial charge < -0.3 is 19.9 Å². The molecule has 0 aliphatic carbocycles. The standard InChI is InChI=1S/C19H23N5O3/c1-13-4-5-17(27-3)15(10-13)21-19-20-14(2)11-16(22-19)18(26)24-8-6-23(12-25)7-9-24/h4-5,10-12H,6-9H2,1-3H3,(H,20,21,22). The van der Waals surface area contributed by atoms with Crippen molar-refractivity contribution in [3.8, 4) is 5.75 Å². The number of carbonyl (C=O) groups excluding carboxylic acids is 2. The van der Waals surface area contributed by atoms with Crippen LogP contribution >= 0.6 is 0 Å². The van der Waals surface area contributed by atoms with Crippen molar-refractivity contribution in [3.63, 3.8) is 0 Å². The summed E-state index contributed by atoms with van der Waals surface area (Å²) in [5, 5.41) is 3.15. The van der Waals surface area contributed by atoms with Gasteiger partial charge in [0, 0.05) is 31.9 Å². The van der Waals surface area contributed by atoms with E-state index in [9.17, 15) is 9.59 Å². The third-order valence-corrected chi connectivity index (χ3v) is 4.43. The van der Waals surface area contributed by atoms with Crippen molar-refractivity contribution in [1.29, 1.82) is 0 Å². The third-order valence-electron chi connectivity index (χ3n) is 4.43. The number of nitrogens with zero attached hydrogens (tertiary/aromatic N) is 4. The molecule has 1 aromatic heterocycles. The van der Waals surface area contributed by atoms with Crippen LogP contribution in [0.4, 0.5) is 11.6 Å². The van der Waals surface area contributed by atoms with Gasteiger partial charge in [-0.05, 0) is 37.6 Å². The molecular formula is C19H23N5O3. The van der Waals surface area contributed by atoms with Crippen LogP contribution in [0.5, 0.6) is 5.75 Å². The van der Waals surface area contributed by atoms with E-state index in [0.717, 1.165) is 17.7 Å². The van der Waals surface area contributed by atoms with Crippen LogP contribution in [0.2, 0.25) is 0 Å². The highest BCUT2D eigenvalue weighted by molar-refractivity contribution is 5.93. The summed E-state index contributed by atoms with van der Waals surface area (Å²) < 4.78 is 5.37. The normalized spacial score (nSPS) is 14.0. The molecule has 8 heteroatoms. The van der Waals surface area contributed by atoms with Crippen LogP contribution in [0, 0.1) is 13.8 Å². The smallest absolute Gasteiger partial charge is 0.272 e. The Morgan fingerprint density at radius 1 is 1.15 bits per heavy atom. The lowest BCUT2D eigenvalue weighted by Crippen LogP contribution is -2.48. The maximum Gasteiger partial charge on any atom is 0.272 e. The lowest BCUT2D eigenvalue weighted by Gasteiger charge is -2.32. The molecule has 2 heterocycles. The minimum Gasteiger partial charge on any atom is -0.495 e. The number of hydrogen-bond acceptors (Lipinski definition) is 6. The molecule has 0 spiro atoms. The highest BCUT2D eigenvalue weighted by Crippen LogP contribution is 2.27. The SMILES string of the molecule is COc1ccc(C)cc1Nc1nc(C)cc(C(=O)N2CCN(C=O)CC2)n1. The molecule has 1 N–H and O–H groups in total. The molecule has 0 bridgehead atoms. The second-order valence-corrected chi connectivity index (χ2v) is 6.48. The first-order valence-corrected chi connectivity index (χ1v) is 8.76. The Kier molecular flexibility index (Phi) is 5.54. The molecule has 27 heavy (non-hydrogen) atoms. The molecule has 1 saturated heterocycles. The minimum absolute atomic E-state index is 0.162. The van der Waals surface area contributed by atoms with Crippen LogP contribution < -0.4 is 10.1 Å². The van der Waals surface area contributed by atoms with Crippen LogP contribution in [0.25, 0.3) is 0 Å². The average molecular weight is 369 g/mol. The summed E-state index contributed by atoms with van der Waals surface area (Å²) in [6.45, 7) is 5.86. The van der Waals surface area contributed by atoms with E-state index in [0.29, 0.717) is 49.3 Å². The lowest BCUT2D eigenvalue weighted by atomic mass is 10.2. The van der Waals surface area contributed by atoms with Gasteiger partial charge in [0.1, 0.15) is 11.4 Å². The molecule has 8 nitrogen and oxygen atoms in total. The first-order valence-electron chi connectivity index (χ1n) is 8.76. The molecule has 1 aliphatic rings. The maximum atomic E-state index is 12.8. The fourth-order valence-corrected chi connectivity index (χ4v) is 2.97. The van der Waals surface area contributed by atoms with E-state index in [2.05, 4.69) is 15.3 Å². The van der Waals surface area contributed by atoms with E-state index < -0.39 is 0 Å². The van der Waals surface area contributed by atoms with Gasteiger partial charge in [0.25, 0.3) is 5.91 Å². The number of aromatic nitrogens is 2. The molecule has 1 aromatic carbocycles. The van der Waals surface area contributed by atoms with E-state index in [1.807, 2.05) is 32.0 Å². The van der Waals surface area contributed by atoms with E-state index >= 15 is 0 Å². The zero-order valence-corrected chi connectivity index (χ0v) is 15.7. The zero-order chi connectivity index (χ0) is 19.4. The highest BCUT2D eigenvalue weighted by atomic mass is 16.5. The Bertz CT molecular complexity index is 847. The largest absolute Gasteiger partial charge is 0.495 e. The first kappa shape index (κ1) is 18.6. The predicted octanol–water partition coefficient (Wildman–Crippen LogP) is 1.76. The molecule has 0 saturated carbocycles. The molecule has 1 fully saturated rings. The number of carbonyl (C=O) groups is 2. The summed E-state index contributed by atoms with van der Waals surface area (Å²) in [5.41, 5.74) is 2.82. The molecule has 0 atom stereocenters. The number of piperazine rings is 1. The van der Waals surface area contributed by atoms with Gasteiger partial charge in [-0.25, -0.2) is 9.97 Å². The molecule has 3 rings (SSSR count). The fraction of sp³-hybridized carbons (Fsp3) is 0.368. The van der Waals surface area contributed by atoms with Crippen molar-refractivity contribution >= 4 is 24.0 Å². The average Bonchev–Trinajstić information content (AvgIpc) is 2.67. The number of ether oxygens (including phenoxy) is 1. The monoisotopic (exact) mass is 369 g/mol. The van der Waals surface area contributed by atoms with Crippen molar-refractivity contribution in [2.24, 2.45) is 0 Å². The van der Waals surface area contributed by atoms with Gasteiger partial charge in [-0.2, -0.15) is 0 Å². The quantitative estimate of drug-likeness (QED) is 0.808. The Morgan fingerprint density at radius 3 is 2.56 bits per heavy atom. The fourth-order valence-electron chi connectivity index (χ4n) is 2.97. The number of aryl methyl sites for hydroxylation is 2. The molecule has 0 unspecified atom stereocenters. The number of methoxy groups -OCH3 is 1. The van der Waals surface area contributed by atoms with E-state index in [1.54, 1.807) is 23.0 Å². The second kappa shape index (κ2) is 8.03. The van der Waals surface area contributed by atoms with Gasteiger partial charge >= 0.3 is 0 Å². The summed E-state index contributed by atoms with van der Waals surface area (Å²) in [6.07, 6.45) is 0.813. The van der Waals surface area contributed by atoms with Gasteiger partial charge in [0.2, 0.25) is 12.4 Å². The van der Waals surface area contributed by atoms with Crippen LogP contribution in [0.3, 0.4) is 0 Å². The van der Waals surface area contributed by atoms with Gasteiger partial charge in [0.15, 0.2) is 0 Å². The van der Waals surface area contributed by atoms with Crippen LogP contribution in [-0.4, -0.2) is 65.4 Å². The Labute approximate surface area is 158 Å². The van der Waals surface area contributed by atoms with Gasteiger partial charge in [-0.1, -0.05) is 6.07 Å². The predicted molar refractivity (Wildman–Crippen MR) is 101 cm³/mol. The van der Waals surface area contributed by atoms with Crippen molar-refractivity contribution in [3.05, 3.63) is 41.2 Å². The maximum absolute atomic E-state index is 12.8. The lowest BCUT2D eigenvalue weighted by molar-refractivity contribution is -0.119. The Morgan fingerprint density at radius 2 is 1.89 bits per heavy atom. The van der Waals surface area contributed by atoms with Crippen molar-refractivity contribution in [2.75, 3.05) is 38.6 Å². The number of nitrogens with one attached hydrogen (secondary N) is 1. The van der Waals surface area contributed by atoms with Crippen molar-refractivity contribution in [2.45, 2.75) is 13.8 Å². The Balaban J connectivity index is 1.81. The Hall–Kier alpha value is -3.16. The number of amides is 2. The van der Waals surface area contributed by atoms with Crippen LogP contribution in [0.15, 0.2) is 24.3 Å². The van der Waals surface area contributed by atoms with E-state index in [4.69, 9.17) is 4.74 Å². The van der Waals surface area contributed by atoms with Crippen molar-refractivity contribution < 1.29 is 14.3 Å². The topological polar surface area (TPSA) is 87.7 Å². The molecule has 2 aromatic rings. The number of rotatable bonds is 5. The molecular weight excluding hydrogens is 346 g/mol. The van der Waals surface area contributed by atoms with Gasteiger partial charge in [-0.3, -0.25) is 9.59 Å². The van der Waals surface area contributed by atoms with Crippen LogP contribution in [0.1, 0.15) is 21.7 Å². The van der Waals surface area contributed by atoms with E-state index in [-0.39, 0.29) is 5.91 Å². The van der Waals surface area contributed by atoms with Gasteiger partial charge in [0.05, 0.1) is 12.8 Å². The second-order valence-electron chi connectivity index (χ2n) is 6.48. The number of benzene rings is 1. The highest BCUT2D eigenvalue weighted by Gasteiger charge is 2.23.